The van der Waals surface area contributed by atoms with Gasteiger partial charge in [0.15, 0.2) is 11.5 Å². The van der Waals surface area contributed by atoms with Crippen LogP contribution in [-0.2, 0) is 0 Å². The number of carbonyl (C=O) groups excluding carboxylic acids is 2. The summed E-state index contributed by atoms with van der Waals surface area (Å²) < 4.78 is 15.8. The lowest BCUT2D eigenvalue weighted by atomic mass is 10.1. The maximum absolute atomic E-state index is 12.7. The van der Waals surface area contributed by atoms with Gasteiger partial charge in [-0.15, -0.1) is 0 Å². The molecule has 0 aliphatic rings. The number of hydrogen-bond acceptors (Lipinski definition) is 5. The number of benzene rings is 2. The Hall–Kier alpha value is -3.22. The molecule has 0 aromatic heterocycles. The van der Waals surface area contributed by atoms with Crippen molar-refractivity contribution in [2.45, 2.75) is 26.3 Å². The lowest BCUT2D eigenvalue weighted by Gasteiger charge is -2.20. The molecule has 2 amide bonds. The molecule has 150 valence electrons. The SMILES string of the molecule is COc1cc(C(=O)Nc2cccc(C(=O)NC(C)(C)C)c2)cc(OC)c1OC. The van der Waals surface area contributed by atoms with E-state index in [1.807, 2.05) is 20.8 Å². The zero-order valence-electron chi connectivity index (χ0n) is 17.0. The van der Waals surface area contributed by atoms with Gasteiger partial charge in [-0.05, 0) is 51.1 Å². The Kier molecular flexibility index (Phi) is 6.51. The van der Waals surface area contributed by atoms with Gasteiger partial charge < -0.3 is 24.8 Å². The largest absolute Gasteiger partial charge is 0.493 e. The fourth-order valence-corrected chi connectivity index (χ4v) is 2.57. The Morgan fingerprint density at radius 3 is 1.93 bits per heavy atom. The van der Waals surface area contributed by atoms with Crippen LogP contribution >= 0.6 is 0 Å². The number of rotatable bonds is 6. The molecule has 0 unspecified atom stereocenters. The molecule has 28 heavy (non-hydrogen) atoms. The van der Waals surface area contributed by atoms with E-state index in [2.05, 4.69) is 10.6 Å². The highest BCUT2D eigenvalue weighted by molar-refractivity contribution is 6.06. The molecule has 0 aliphatic heterocycles. The van der Waals surface area contributed by atoms with Crippen LogP contribution in [0, 0.1) is 0 Å². The number of nitrogens with one attached hydrogen (secondary N) is 2. The van der Waals surface area contributed by atoms with Gasteiger partial charge >= 0.3 is 0 Å². The summed E-state index contributed by atoms with van der Waals surface area (Å²) in [4.78, 5) is 25.0. The number of hydrogen-bond donors (Lipinski definition) is 2. The van der Waals surface area contributed by atoms with E-state index in [4.69, 9.17) is 14.2 Å². The predicted octanol–water partition coefficient (Wildman–Crippen LogP) is 3.49. The maximum Gasteiger partial charge on any atom is 0.255 e. The van der Waals surface area contributed by atoms with Crippen LogP contribution in [0.4, 0.5) is 5.69 Å². The smallest absolute Gasteiger partial charge is 0.255 e. The highest BCUT2D eigenvalue weighted by atomic mass is 16.5. The normalized spacial score (nSPS) is 10.8. The van der Waals surface area contributed by atoms with Crippen LogP contribution in [0.3, 0.4) is 0 Å². The molecule has 2 rings (SSSR count). The van der Waals surface area contributed by atoms with Crippen molar-refractivity contribution < 1.29 is 23.8 Å². The van der Waals surface area contributed by atoms with Crippen molar-refractivity contribution >= 4 is 17.5 Å². The Morgan fingerprint density at radius 1 is 0.821 bits per heavy atom. The Balaban J connectivity index is 2.26. The Labute approximate surface area is 165 Å². The van der Waals surface area contributed by atoms with Crippen molar-refractivity contribution in [2.75, 3.05) is 26.6 Å². The summed E-state index contributed by atoms with van der Waals surface area (Å²) >= 11 is 0. The van der Waals surface area contributed by atoms with Gasteiger partial charge in [0.05, 0.1) is 21.3 Å². The minimum atomic E-state index is -0.368. The van der Waals surface area contributed by atoms with E-state index in [1.54, 1.807) is 36.4 Å². The number of ether oxygens (including phenoxy) is 3. The predicted molar refractivity (Wildman–Crippen MR) is 108 cm³/mol. The minimum Gasteiger partial charge on any atom is -0.493 e. The second-order valence-corrected chi connectivity index (χ2v) is 7.15. The zero-order valence-corrected chi connectivity index (χ0v) is 17.0. The van der Waals surface area contributed by atoms with Crippen molar-refractivity contribution in [3.05, 3.63) is 47.5 Å². The van der Waals surface area contributed by atoms with E-state index >= 15 is 0 Å². The minimum absolute atomic E-state index is 0.212. The third kappa shape index (κ3) is 5.16. The Bertz CT molecular complexity index is 846. The molecule has 0 aliphatic carbocycles. The van der Waals surface area contributed by atoms with Crippen LogP contribution in [0.25, 0.3) is 0 Å². The molecule has 0 bridgehead atoms. The summed E-state index contributed by atoms with van der Waals surface area (Å²) in [6, 6.07) is 9.86. The second kappa shape index (κ2) is 8.65. The van der Waals surface area contributed by atoms with Crippen LogP contribution in [0.1, 0.15) is 41.5 Å². The van der Waals surface area contributed by atoms with Gasteiger partial charge in [0.2, 0.25) is 5.75 Å². The molecule has 0 saturated heterocycles. The average molecular weight is 386 g/mol. The van der Waals surface area contributed by atoms with Crippen molar-refractivity contribution in [3.63, 3.8) is 0 Å². The maximum atomic E-state index is 12.7. The molecule has 0 atom stereocenters. The van der Waals surface area contributed by atoms with E-state index in [0.29, 0.717) is 34.1 Å². The van der Waals surface area contributed by atoms with Crippen LogP contribution in [-0.4, -0.2) is 38.7 Å². The number of methoxy groups -OCH3 is 3. The molecule has 0 saturated carbocycles. The zero-order chi connectivity index (χ0) is 20.9. The van der Waals surface area contributed by atoms with E-state index in [0.717, 1.165) is 0 Å². The van der Waals surface area contributed by atoms with Crippen LogP contribution in [0.5, 0.6) is 17.2 Å². The molecule has 7 nitrogen and oxygen atoms in total. The quantitative estimate of drug-likeness (QED) is 0.794. The van der Waals surface area contributed by atoms with Gasteiger partial charge in [-0.3, -0.25) is 9.59 Å². The van der Waals surface area contributed by atoms with Gasteiger partial charge in [-0.25, -0.2) is 0 Å². The summed E-state index contributed by atoms with van der Waals surface area (Å²) in [6.07, 6.45) is 0. The third-order valence-electron chi connectivity index (χ3n) is 3.80. The molecule has 2 N–H and O–H groups in total. The molecule has 2 aromatic rings. The molecule has 0 radical (unpaired) electrons. The molecule has 0 heterocycles. The standard InChI is InChI=1S/C21H26N2O5/c1-21(2,3)23-20(25)13-8-7-9-15(10-13)22-19(24)14-11-16(26-4)18(28-6)17(12-14)27-5/h7-12H,1-6H3,(H,22,24)(H,23,25). The van der Waals surface area contributed by atoms with Crippen LogP contribution < -0.4 is 24.8 Å². The van der Waals surface area contributed by atoms with E-state index in [9.17, 15) is 9.59 Å². The lowest BCUT2D eigenvalue weighted by molar-refractivity contribution is 0.0918. The highest BCUT2D eigenvalue weighted by Gasteiger charge is 2.18. The highest BCUT2D eigenvalue weighted by Crippen LogP contribution is 2.38. The summed E-state index contributed by atoms with van der Waals surface area (Å²) in [7, 11) is 4.46. The first-order valence-electron chi connectivity index (χ1n) is 8.72. The molecule has 0 fully saturated rings. The molecular weight excluding hydrogens is 360 g/mol. The summed E-state index contributed by atoms with van der Waals surface area (Å²) in [6.45, 7) is 5.71. The first-order valence-corrected chi connectivity index (χ1v) is 8.72. The van der Waals surface area contributed by atoms with Gasteiger partial charge in [-0.2, -0.15) is 0 Å². The van der Waals surface area contributed by atoms with E-state index in [1.165, 1.54) is 21.3 Å². The van der Waals surface area contributed by atoms with Gasteiger partial charge in [0.1, 0.15) is 0 Å². The molecule has 2 aromatic carbocycles. The van der Waals surface area contributed by atoms with E-state index < -0.39 is 0 Å². The van der Waals surface area contributed by atoms with Crippen molar-refractivity contribution in [2.24, 2.45) is 0 Å². The molecule has 7 heteroatoms. The fourth-order valence-electron chi connectivity index (χ4n) is 2.57. The lowest BCUT2D eigenvalue weighted by Crippen LogP contribution is -2.40. The summed E-state index contributed by atoms with van der Waals surface area (Å²) in [5.41, 5.74) is 0.934. The topological polar surface area (TPSA) is 85.9 Å². The van der Waals surface area contributed by atoms with Gasteiger partial charge in [-0.1, -0.05) is 6.07 Å². The Morgan fingerprint density at radius 2 is 1.43 bits per heavy atom. The first-order chi connectivity index (χ1) is 13.2. The van der Waals surface area contributed by atoms with Crippen molar-refractivity contribution in [3.8, 4) is 17.2 Å². The average Bonchev–Trinajstić information content (AvgIpc) is 2.65. The molecular formula is C21H26N2O5. The number of anilines is 1. The fraction of sp³-hybridized carbons (Fsp3) is 0.333. The summed E-state index contributed by atoms with van der Waals surface area (Å²) in [5, 5.41) is 5.68. The second-order valence-electron chi connectivity index (χ2n) is 7.15. The summed E-state index contributed by atoms with van der Waals surface area (Å²) in [5.74, 6) is 0.585. The number of amides is 2. The number of carbonyl (C=O) groups is 2. The monoisotopic (exact) mass is 386 g/mol. The third-order valence-corrected chi connectivity index (χ3v) is 3.80. The van der Waals surface area contributed by atoms with Crippen LogP contribution in [0.2, 0.25) is 0 Å². The van der Waals surface area contributed by atoms with E-state index in [-0.39, 0.29) is 17.4 Å². The van der Waals surface area contributed by atoms with Crippen LogP contribution in [0.15, 0.2) is 36.4 Å². The van der Waals surface area contributed by atoms with Gasteiger partial charge in [0, 0.05) is 22.4 Å². The first kappa shape index (κ1) is 21.1. The van der Waals surface area contributed by atoms with Crippen molar-refractivity contribution in [1.29, 1.82) is 0 Å². The van der Waals surface area contributed by atoms with Gasteiger partial charge in [0.25, 0.3) is 11.8 Å². The van der Waals surface area contributed by atoms with Crippen molar-refractivity contribution in [1.82, 2.24) is 5.32 Å². The molecule has 0 spiro atoms.